The summed E-state index contributed by atoms with van der Waals surface area (Å²) in [5.74, 6) is 0.598. The van der Waals surface area contributed by atoms with Crippen LogP contribution >= 0.6 is 28.3 Å². The highest BCUT2D eigenvalue weighted by Crippen LogP contribution is 2.23. The van der Waals surface area contributed by atoms with Gasteiger partial charge in [-0.2, -0.15) is 0 Å². The van der Waals surface area contributed by atoms with Crippen molar-refractivity contribution in [2.45, 2.75) is 26.9 Å². The zero-order chi connectivity index (χ0) is 20.2. The largest absolute Gasteiger partial charge is 0.483 e. The van der Waals surface area contributed by atoms with Gasteiger partial charge in [0.2, 0.25) is 0 Å². The van der Waals surface area contributed by atoms with Gasteiger partial charge >= 0.3 is 0 Å². The van der Waals surface area contributed by atoms with Crippen LogP contribution in [-0.2, 0) is 17.9 Å². The maximum absolute atomic E-state index is 12.1. The van der Waals surface area contributed by atoms with Gasteiger partial charge in [-0.05, 0) is 36.9 Å². The number of nitrogens with one attached hydrogen (secondary N) is 2. The lowest BCUT2D eigenvalue weighted by atomic mass is 10.2. The van der Waals surface area contributed by atoms with Crippen LogP contribution in [0.2, 0.25) is 0 Å². The highest BCUT2D eigenvalue weighted by atomic mass is 79.9. The predicted octanol–water partition coefficient (Wildman–Crippen LogP) is 4.00. The van der Waals surface area contributed by atoms with E-state index in [1.54, 1.807) is 0 Å². The molecule has 0 aromatic heterocycles. The van der Waals surface area contributed by atoms with Crippen molar-refractivity contribution in [3.8, 4) is 5.75 Å². The maximum atomic E-state index is 12.1. The van der Waals surface area contributed by atoms with Crippen LogP contribution in [-0.4, -0.2) is 43.6 Å². The lowest BCUT2D eigenvalue weighted by Gasteiger charge is -2.18. The molecule has 0 fully saturated rings. The fraction of sp³-hybridized carbons (Fsp3) is 0.409. The molecule has 2 N–H and O–H groups in total. The molecule has 0 spiro atoms. The molecule has 5 nitrogen and oxygen atoms in total. The Morgan fingerprint density at radius 1 is 1.07 bits per heavy atom. The lowest BCUT2D eigenvalue weighted by Crippen LogP contribution is -2.32. The Morgan fingerprint density at radius 2 is 1.79 bits per heavy atom. The zero-order valence-electron chi connectivity index (χ0n) is 17.1. The summed E-state index contributed by atoms with van der Waals surface area (Å²) >= 11 is 3.51. The molecule has 2 aromatic carbocycles. The number of ether oxygens (including phenoxy) is 1. The van der Waals surface area contributed by atoms with E-state index in [2.05, 4.69) is 45.3 Å². The number of rotatable bonds is 12. The number of likely N-dealkylation sites (N-methyl/N-ethyl adjacent to an activating group) is 1. The van der Waals surface area contributed by atoms with Crippen molar-refractivity contribution in [2.24, 2.45) is 0 Å². The summed E-state index contributed by atoms with van der Waals surface area (Å²) in [6.07, 6.45) is 0. The molecule has 2 aromatic rings. The number of benzene rings is 2. The van der Waals surface area contributed by atoms with Crippen LogP contribution in [0.15, 0.2) is 53.0 Å². The summed E-state index contributed by atoms with van der Waals surface area (Å²) < 4.78 is 6.77. The third-order valence-corrected chi connectivity index (χ3v) is 5.02. The molecule has 7 heteroatoms. The van der Waals surface area contributed by atoms with E-state index in [-0.39, 0.29) is 24.9 Å². The Labute approximate surface area is 188 Å². The SMILES string of the molecule is CCN(CC)CCNCc1cc(Br)ccc1OCC(=O)NCc1ccccc1.Cl. The highest BCUT2D eigenvalue weighted by molar-refractivity contribution is 9.10. The Kier molecular flexibility index (Phi) is 12.6. The molecular formula is C22H31BrClN3O2. The average molecular weight is 485 g/mol. The first-order chi connectivity index (χ1) is 13.6. The molecule has 0 saturated heterocycles. The van der Waals surface area contributed by atoms with E-state index in [0.717, 1.165) is 47.5 Å². The van der Waals surface area contributed by atoms with Crippen molar-refractivity contribution in [3.05, 3.63) is 64.1 Å². The van der Waals surface area contributed by atoms with E-state index in [4.69, 9.17) is 4.74 Å². The molecular weight excluding hydrogens is 454 g/mol. The van der Waals surface area contributed by atoms with Crippen LogP contribution in [0.25, 0.3) is 0 Å². The quantitative estimate of drug-likeness (QED) is 0.447. The van der Waals surface area contributed by atoms with Crippen molar-refractivity contribution >= 4 is 34.2 Å². The van der Waals surface area contributed by atoms with Gasteiger partial charge in [-0.1, -0.05) is 60.1 Å². The minimum Gasteiger partial charge on any atom is -0.483 e. The van der Waals surface area contributed by atoms with Crippen LogP contribution < -0.4 is 15.4 Å². The first kappa shape index (κ1) is 25.4. The fourth-order valence-corrected chi connectivity index (χ4v) is 3.23. The summed E-state index contributed by atoms with van der Waals surface area (Å²) in [5, 5.41) is 6.34. The molecule has 0 radical (unpaired) electrons. The van der Waals surface area contributed by atoms with Gasteiger partial charge in [-0.15, -0.1) is 12.4 Å². The van der Waals surface area contributed by atoms with Gasteiger partial charge in [-0.25, -0.2) is 0 Å². The number of amides is 1. The van der Waals surface area contributed by atoms with Gasteiger partial charge in [0.25, 0.3) is 5.91 Å². The van der Waals surface area contributed by atoms with E-state index in [9.17, 15) is 4.79 Å². The van der Waals surface area contributed by atoms with Crippen molar-refractivity contribution in [1.29, 1.82) is 0 Å². The van der Waals surface area contributed by atoms with Gasteiger partial charge in [0.05, 0.1) is 0 Å². The number of hydrogen-bond donors (Lipinski definition) is 2. The predicted molar refractivity (Wildman–Crippen MR) is 125 cm³/mol. The van der Waals surface area contributed by atoms with Crippen molar-refractivity contribution in [3.63, 3.8) is 0 Å². The van der Waals surface area contributed by atoms with Gasteiger partial charge < -0.3 is 20.3 Å². The van der Waals surface area contributed by atoms with Crippen LogP contribution in [0.5, 0.6) is 5.75 Å². The van der Waals surface area contributed by atoms with E-state index in [0.29, 0.717) is 13.1 Å². The third kappa shape index (κ3) is 9.63. The second-order valence-corrected chi connectivity index (χ2v) is 7.42. The summed E-state index contributed by atoms with van der Waals surface area (Å²) in [6, 6.07) is 15.7. The Hall–Kier alpha value is -1.60. The van der Waals surface area contributed by atoms with E-state index in [1.165, 1.54) is 0 Å². The molecule has 0 bridgehead atoms. The number of carbonyl (C=O) groups is 1. The smallest absolute Gasteiger partial charge is 0.258 e. The van der Waals surface area contributed by atoms with Crippen molar-refractivity contribution in [2.75, 3.05) is 32.8 Å². The molecule has 29 heavy (non-hydrogen) atoms. The monoisotopic (exact) mass is 483 g/mol. The molecule has 0 aliphatic carbocycles. The molecule has 0 heterocycles. The second kappa shape index (κ2) is 14.4. The zero-order valence-corrected chi connectivity index (χ0v) is 19.5. The molecule has 1 amide bonds. The standard InChI is InChI=1S/C22H30BrN3O2.ClH/c1-3-26(4-2)13-12-24-16-19-14-20(23)10-11-21(19)28-17-22(27)25-15-18-8-6-5-7-9-18;/h5-11,14,24H,3-4,12-13,15-17H2,1-2H3,(H,25,27);1H. The number of carbonyl (C=O) groups excluding carboxylic acids is 1. The van der Waals surface area contributed by atoms with E-state index in [1.807, 2.05) is 48.5 Å². The average Bonchev–Trinajstić information content (AvgIpc) is 2.72. The highest BCUT2D eigenvalue weighted by Gasteiger charge is 2.08. The summed E-state index contributed by atoms with van der Waals surface area (Å²) in [7, 11) is 0. The van der Waals surface area contributed by atoms with Crippen LogP contribution in [0.3, 0.4) is 0 Å². The minimum absolute atomic E-state index is 0. The van der Waals surface area contributed by atoms with Crippen LogP contribution in [0.1, 0.15) is 25.0 Å². The normalized spacial score (nSPS) is 10.5. The Balaban J connectivity index is 0.00000420. The molecule has 0 saturated carbocycles. The van der Waals surface area contributed by atoms with E-state index >= 15 is 0 Å². The number of hydrogen-bond acceptors (Lipinski definition) is 4. The molecule has 0 unspecified atom stereocenters. The minimum atomic E-state index is -0.132. The summed E-state index contributed by atoms with van der Waals surface area (Å²) in [4.78, 5) is 14.5. The second-order valence-electron chi connectivity index (χ2n) is 6.51. The van der Waals surface area contributed by atoms with Gasteiger partial charge in [0, 0.05) is 36.2 Å². The maximum Gasteiger partial charge on any atom is 0.258 e. The fourth-order valence-electron chi connectivity index (χ4n) is 2.82. The van der Waals surface area contributed by atoms with Crippen LogP contribution in [0, 0.1) is 0 Å². The molecule has 0 aliphatic heterocycles. The third-order valence-electron chi connectivity index (χ3n) is 4.53. The molecule has 0 atom stereocenters. The van der Waals surface area contributed by atoms with Crippen LogP contribution in [0.4, 0.5) is 0 Å². The lowest BCUT2D eigenvalue weighted by molar-refractivity contribution is -0.123. The van der Waals surface area contributed by atoms with Gasteiger partial charge in [0.15, 0.2) is 6.61 Å². The summed E-state index contributed by atoms with van der Waals surface area (Å²) in [5.41, 5.74) is 2.10. The molecule has 2 rings (SSSR count). The van der Waals surface area contributed by atoms with E-state index < -0.39 is 0 Å². The Bertz CT molecular complexity index is 727. The number of halogens is 2. The number of nitrogens with zero attached hydrogens (tertiary/aromatic N) is 1. The Morgan fingerprint density at radius 3 is 2.48 bits per heavy atom. The molecule has 0 aliphatic rings. The summed E-state index contributed by atoms with van der Waals surface area (Å²) in [6.45, 7) is 9.58. The van der Waals surface area contributed by atoms with Crippen molar-refractivity contribution in [1.82, 2.24) is 15.5 Å². The van der Waals surface area contributed by atoms with Gasteiger partial charge in [-0.3, -0.25) is 4.79 Å². The first-order valence-corrected chi connectivity index (χ1v) is 10.6. The van der Waals surface area contributed by atoms with Crippen molar-refractivity contribution < 1.29 is 9.53 Å². The van der Waals surface area contributed by atoms with Gasteiger partial charge in [0.1, 0.15) is 5.75 Å². The first-order valence-electron chi connectivity index (χ1n) is 9.77. The topological polar surface area (TPSA) is 53.6 Å². The molecule has 160 valence electrons.